The second-order valence-electron chi connectivity index (χ2n) is 6.70. The summed E-state index contributed by atoms with van der Waals surface area (Å²) in [5.74, 6) is -0.583. The Morgan fingerprint density at radius 3 is 2.62 bits per heavy atom. The van der Waals surface area contributed by atoms with Crippen molar-refractivity contribution >= 4 is 35.2 Å². The molecule has 29 heavy (non-hydrogen) atoms. The molecule has 0 bridgehead atoms. The predicted octanol–water partition coefficient (Wildman–Crippen LogP) is 2.72. The molecule has 0 saturated heterocycles. The van der Waals surface area contributed by atoms with E-state index in [2.05, 4.69) is 15.3 Å². The van der Waals surface area contributed by atoms with Crippen LogP contribution in [0.15, 0.2) is 59.7 Å². The van der Waals surface area contributed by atoms with Crippen LogP contribution in [0.4, 0.5) is 17.2 Å². The van der Waals surface area contributed by atoms with Gasteiger partial charge in [-0.15, -0.1) is 0 Å². The fourth-order valence-corrected chi connectivity index (χ4v) is 3.73. The number of hydrogen-bond acceptors (Lipinski definition) is 7. The fraction of sp³-hybridized carbons (Fsp3) is 0.200. The van der Waals surface area contributed by atoms with Crippen LogP contribution < -0.4 is 5.32 Å². The van der Waals surface area contributed by atoms with E-state index in [0.717, 1.165) is 5.56 Å². The molecular formula is C20H17N5O4. The summed E-state index contributed by atoms with van der Waals surface area (Å²) in [5.41, 5.74) is 0.415. The van der Waals surface area contributed by atoms with Crippen molar-refractivity contribution in [3.8, 4) is 0 Å². The molecule has 0 fully saturated rings. The summed E-state index contributed by atoms with van der Waals surface area (Å²) in [5, 5.41) is 14.1. The van der Waals surface area contributed by atoms with Gasteiger partial charge in [0.2, 0.25) is 5.82 Å². The van der Waals surface area contributed by atoms with Crippen LogP contribution in [0.1, 0.15) is 18.4 Å². The van der Waals surface area contributed by atoms with E-state index in [9.17, 15) is 19.7 Å². The molecule has 2 amide bonds. The van der Waals surface area contributed by atoms with E-state index in [1.165, 1.54) is 35.4 Å². The van der Waals surface area contributed by atoms with Gasteiger partial charge >= 0.3 is 5.69 Å². The van der Waals surface area contributed by atoms with Crippen molar-refractivity contribution in [1.29, 1.82) is 0 Å². The van der Waals surface area contributed by atoms with E-state index in [0.29, 0.717) is 25.1 Å². The number of hydrogen-bond donors (Lipinski definition) is 1. The first kappa shape index (κ1) is 18.5. The Balaban J connectivity index is 1.55. The molecule has 0 aliphatic carbocycles. The maximum Gasteiger partial charge on any atom is 0.311 e. The molecule has 1 atom stereocenters. The molecule has 9 nitrogen and oxygen atoms in total. The third kappa shape index (κ3) is 3.16. The second-order valence-corrected chi connectivity index (χ2v) is 6.70. The SMILES string of the molecule is O=C1C=CC(=O)N1C1(CCCNc2ncccc2[N+](=O)[O-])C=Nc2ccccc21. The van der Waals surface area contributed by atoms with Gasteiger partial charge in [0.15, 0.2) is 0 Å². The molecule has 1 aromatic heterocycles. The van der Waals surface area contributed by atoms with Gasteiger partial charge in [-0.25, -0.2) is 4.98 Å². The largest absolute Gasteiger partial charge is 0.364 e. The van der Waals surface area contributed by atoms with Crippen molar-refractivity contribution in [2.24, 2.45) is 4.99 Å². The summed E-state index contributed by atoms with van der Waals surface area (Å²) in [4.78, 5) is 45.1. The normalized spacial score (nSPS) is 19.7. The topological polar surface area (TPSA) is 118 Å². The van der Waals surface area contributed by atoms with Gasteiger partial charge in [0, 0.05) is 42.7 Å². The van der Waals surface area contributed by atoms with Gasteiger partial charge in [-0.1, -0.05) is 18.2 Å². The summed E-state index contributed by atoms with van der Waals surface area (Å²) in [6, 6.07) is 10.3. The van der Waals surface area contributed by atoms with Gasteiger partial charge in [0.25, 0.3) is 11.8 Å². The van der Waals surface area contributed by atoms with Gasteiger partial charge in [0.05, 0.1) is 10.6 Å². The molecule has 2 aliphatic rings. The van der Waals surface area contributed by atoms with Crippen molar-refractivity contribution in [3.63, 3.8) is 0 Å². The lowest BCUT2D eigenvalue weighted by atomic mass is 9.85. The number of carbonyl (C=O) groups is 2. The van der Waals surface area contributed by atoms with Crippen molar-refractivity contribution in [2.75, 3.05) is 11.9 Å². The molecule has 0 radical (unpaired) electrons. The maximum absolute atomic E-state index is 12.4. The molecule has 1 N–H and O–H groups in total. The Labute approximate surface area is 165 Å². The van der Waals surface area contributed by atoms with E-state index in [-0.39, 0.29) is 23.3 Å². The number of anilines is 1. The number of rotatable bonds is 7. The number of amides is 2. The highest BCUT2D eigenvalue weighted by Crippen LogP contribution is 2.43. The third-order valence-corrected chi connectivity index (χ3v) is 5.01. The molecular weight excluding hydrogens is 374 g/mol. The first-order valence-corrected chi connectivity index (χ1v) is 9.07. The smallest absolute Gasteiger partial charge is 0.311 e. The Kier molecular flexibility index (Phi) is 4.63. The summed E-state index contributed by atoms with van der Waals surface area (Å²) in [6.07, 6.45) is 6.57. The lowest BCUT2D eigenvalue weighted by Gasteiger charge is -2.36. The number of fused-ring (bicyclic) bond motifs is 1. The molecule has 146 valence electrons. The highest BCUT2D eigenvalue weighted by atomic mass is 16.6. The summed E-state index contributed by atoms with van der Waals surface area (Å²) < 4.78 is 0. The number of carbonyl (C=O) groups excluding carboxylic acids is 2. The van der Waals surface area contributed by atoms with E-state index < -0.39 is 10.5 Å². The number of pyridine rings is 1. The highest BCUT2D eigenvalue weighted by molar-refractivity contribution is 6.15. The molecule has 2 aromatic rings. The Morgan fingerprint density at radius 2 is 1.86 bits per heavy atom. The number of benzene rings is 1. The van der Waals surface area contributed by atoms with Crippen LogP contribution in [0.3, 0.4) is 0 Å². The molecule has 4 rings (SSSR count). The highest BCUT2D eigenvalue weighted by Gasteiger charge is 2.47. The van der Waals surface area contributed by atoms with Crippen LogP contribution in [-0.4, -0.2) is 39.4 Å². The number of nitro groups is 1. The van der Waals surface area contributed by atoms with Crippen molar-refractivity contribution in [1.82, 2.24) is 9.88 Å². The van der Waals surface area contributed by atoms with Gasteiger partial charge in [-0.3, -0.25) is 29.6 Å². The quantitative estimate of drug-likeness (QED) is 0.336. The van der Waals surface area contributed by atoms with Gasteiger partial charge in [-0.05, 0) is 25.0 Å². The Hall–Kier alpha value is -3.88. The minimum Gasteiger partial charge on any atom is -0.364 e. The zero-order valence-electron chi connectivity index (χ0n) is 15.3. The van der Waals surface area contributed by atoms with Crippen LogP contribution in [0.2, 0.25) is 0 Å². The molecule has 9 heteroatoms. The number of nitrogens with one attached hydrogen (secondary N) is 1. The van der Waals surface area contributed by atoms with E-state index in [1.807, 2.05) is 24.3 Å². The van der Waals surface area contributed by atoms with Gasteiger partial charge in [-0.2, -0.15) is 0 Å². The number of imide groups is 1. The molecule has 0 spiro atoms. The summed E-state index contributed by atoms with van der Waals surface area (Å²) in [7, 11) is 0. The molecule has 3 heterocycles. The van der Waals surface area contributed by atoms with Crippen LogP contribution >= 0.6 is 0 Å². The molecule has 1 aromatic carbocycles. The van der Waals surface area contributed by atoms with Crippen LogP contribution in [0.25, 0.3) is 0 Å². The lowest BCUT2D eigenvalue weighted by Crippen LogP contribution is -2.50. The molecule has 1 unspecified atom stereocenters. The van der Waals surface area contributed by atoms with Crippen molar-refractivity contribution in [3.05, 3.63) is 70.4 Å². The monoisotopic (exact) mass is 391 g/mol. The van der Waals surface area contributed by atoms with E-state index in [4.69, 9.17) is 0 Å². The first-order chi connectivity index (χ1) is 14.0. The third-order valence-electron chi connectivity index (χ3n) is 5.01. The summed E-state index contributed by atoms with van der Waals surface area (Å²) in [6.45, 7) is 0.374. The van der Waals surface area contributed by atoms with Crippen LogP contribution in [0.5, 0.6) is 0 Å². The Bertz CT molecular complexity index is 1050. The number of aliphatic imine (C=N–C) groups is 1. The number of nitrogens with zero attached hydrogens (tertiary/aromatic N) is 4. The number of aromatic nitrogens is 1. The minimum absolute atomic E-state index is 0.107. The van der Waals surface area contributed by atoms with Gasteiger partial charge < -0.3 is 5.32 Å². The van der Waals surface area contributed by atoms with Crippen molar-refractivity contribution < 1.29 is 14.5 Å². The minimum atomic E-state index is -0.980. The fourth-order valence-electron chi connectivity index (χ4n) is 3.73. The van der Waals surface area contributed by atoms with E-state index in [1.54, 1.807) is 6.21 Å². The second kappa shape index (κ2) is 7.27. The zero-order valence-corrected chi connectivity index (χ0v) is 15.3. The van der Waals surface area contributed by atoms with Gasteiger partial charge in [0.1, 0.15) is 5.54 Å². The maximum atomic E-state index is 12.4. The number of para-hydroxylation sites is 1. The summed E-state index contributed by atoms with van der Waals surface area (Å²) >= 11 is 0. The standard InChI is InChI=1S/C20H17N5O4/c26-17-8-9-18(27)24(17)20(13-23-15-6-2-1-5-14(15)20)10-4-12-22-19-16(25(28)29)7-3-11-21-19/h1-3,5-9,11,13H,4,10,12H2,(H,21,22). The predicted molar refractivity (Wildman–Crippen MR) is 106 cm³/mol. The lowest BCUT2D eigenvalue weighted by molar-refractivity contribution is -0.384. The molecule has 0 saturated carbocycles. The van der Waals surface area contributed by atoms with E-state index >= 15 is 0 Å². The average molecular weight is 391 g/mol. The zero-order chi connectivity index (χ0) is 20.4. The van der Waals surface area contributed by atoms with Crippen LogP contribution in [-0.2, 0) is 15.1 Å². The first-order valence-electron chi connectivity index (χ1n) is 9.07. The Morgan fingerprint density at radius 1 is 1.10 bits per heavy atom. The average Bonchev–Trinajstić information content (AvgIpc) is 3.26. The van der Waals surface area contributed by atoms with Crippen molar-refractivity contribution in [2.45, 2.75) is 18.4 Å². The van der Waals surface area contributed by atoms with Crippen LogP contribution in [0, 0.1) is 10.1 Å². The molecule has 2 aliphatic heterocycles.